The number of rotatable bonds is 4. The minimum atomic E-state index is -3.43. The monoisotopic (exact) mass is 310 g/mol. The van der Waals surface area contributed by atoms with Gasteiger partial charge in [-0.15, -0.1) is 0 Å². The summed E-state index contributed by atoms with van der Waals surface area (Å²) in [6.07, 6.45) is 4.10. The van der Waals surface area contributed by atoms with Crippen LogP contribution in [0.25, 0.3) is 0 Å². The maximum atomic E-state index is 12.8. The van der Waals surface area contributed by atoms with Crippen LogP contribution in [0.3, 0.4) is 0 Å². The van der Waals surface area contributed by atoms with Gasteiger partial charge in [-0.3, -0.25) is 0 Å². The lowest BCUT2D eigenvalue weighted by Crippen LogP contribution is -2.39. The van der Waals surface area contributed by atoms with Crippen LogP contribution >= 0.6 is 0 Å². The van der Waals surface area contributed by atoms with E-state index in [1.165, 1.54) is 0 Å². The molecule has 2 N–H and O–H groups in total. The predicted molar refractivity (Wildman–Crippen MR) is 85.4 cm³/mol. The van der Waals surface area contributed by atoms with E-state index in [9.17, 15) is 8.42 Å². The lowest BCUT2D eigenvalue weighted by atomic mass is 9.87. The van der Waals surface area contributed by atoms with Crippen molar-refractivity contribution in [1.82, 2.24) is 4.31 Å². The molecule has 4 nitrogen and oxygen atoms in total. The number of hydrogen-bond acceptors (Lipinski definition) is 3. The number of sulfonamides is 1. The summed E-state index contributed by atoms with van der Waals surface area (Å²) in [5.74, 6) is 0.707. The Morgan fingerprint density at radius 2 is 1.86 bits per heavy atom. The molecule has 1 atom stereocenters. The zero-order valence-electron chi connectivity index (χ0n) is 13.1. The van der Waals surface area contributed by atoms with E-state index < -0.39 is 10.0 Å². The van der Waals surface area contributed by atoms with Gasteiger partial charge in [0.1, 0.15) is 0 Å². The van der Waals surface area contributed by atoms with Gasteiger partial charge in [-0.05, 0) is 56.2 Å². The van der Waals surface area contributed by atoms with E-state index in [0.717, 1.165) is 31.2 Å². The fourth-order valence-corrected chi connectivity index (χ4v) is 4.40. The molecule has 0 aliphatic heterocycles. The highest BCUT2D eigenvalue weighted by Crippen LogP contribution is 2.30. The zero-order chi connectivity index (χ0) is 15.6. The maximum absolute atomic E-state index is 12.8. The summed E-state index contributed by atoms with van der Waals surface area (Å²) in [5.41, 5.74) is 6.70. The quantitative estimate of drug-likeness (QED) is 0.930. The molecule has 5 heteroatoms. The van der Waals surface area contributed by atoms with Crippen LogP contribution in [0.15, 0.2) is 29.2 Å². The van der Waals surface area contributed by atoms with Crippen molar-refractivity contribution in [3.63, 3.8) is 0 Å². The van der Waals surface area contributed by atoms with Crippen molar-refractivity contribution in [2.45, 2.75) is 56.5 Å². The van der Waals surface area contributed by atoms with E-state index in [4.69, 9.17) is 5.73 Å². The van der Waals surface area contributed by atoms with Gasteiger partial charge in [-0.25, -0.2) is 8.42 Å². The highest BCUT2D eigenvalue weighted by molar-refractivity contribution is 7.89. The Labute approximate surface area is 128 Å². The third kappa shape index (κ3) is 3.65. The van der Waals surface area contributed by atoms with Gasteiger partial charge in [0.25, 0.3) is 0 Å². The van der Waals surface area contributed by atoms with Gasteiger partial charge in [0, 0.05) is 19.1 Å². The molecule has 0 saturated heterocycles. The summed E-state index contributed by atoms with van der Waals surface area (Å²) in [6.45, 7) is 4.09. The molecule has 1 aliphatic carbocycles. The van der Waals surface area contributed by atoms with Crippen molar-refractivity contribution in [2.75, 3.05) is 7.05 Å². The number of benzene rings is 1. The topological polar surface area (TPSA) is 63.4 Å². The van der Waals surface area contributed by atoms with Gasteiger partial charge in [-0.1, -0.05) is 19.1 Å². The number of nitrogens with zero attached hydrogens (tertiary/aromatic N) is 1. The minimum absolute atomic E-state index is 0.116. The molecule has 0 aromatic heterocycles. The Morgan fingerprint density at radius 1 is 1.24 bits per heavy atom. The van der Waals surface area contributed by atoms with Crippen LogP contribution in [0.4, 0.5) is 0 Å². The Bertz CT molecular complexity index is 576. The van der Waals surface area contributed by atoms with E-state index >= 15 is 0 Å². The number of hydrogen-bond donors (Lipinski definition) is 1. The van der Waals surface area contributed by atoms with E-state index in [1.807, 2.05) is 13.0 Å². The normalized spacial score (nSPS) is 25.0. The second-order valence-electron chi connectivity index (χ2n) is 6.30. The van der Waals surface area contributed by atoms with Crippen molar-refractivity contribution >= 4 is 10.0 Å². The molecule has 0 spiro atoms. The van der Waals surface area contributed by atoms with Crippen LogP contribution in [0.2, 0.25) is 0 Å². The van der Waals surface area contributed by atoms with Crippen LogP contribution in [0.1, 0.15) is 51.1 Å². The summed E-state index contributed by atoms with van der Waals surface area (Å²) >= 11 is 0. The molecule has 1 aromatic rings. The molecule has 21 heavy (non-hydrogen) atoms. The molecular formula is C16H26N2O2S. The summed E-state index contributed by atoms with van der Waals surface area (Å²) < 4.78 is 27.1. The lowest BCUT2D eigenvalue weighted by molar-refractivity contribution is 0.246. The molecule has 1 aromatic carbocycles. The maximum Gasteiger partial charge on any atom is 0.243 e. The summed E-state index contributed by atoms with van der Waals surface area (Å²) in [4.78, 5) is 0.346. The molecule has 1 fully saturated rings. The molecule has 1 unspecified atom stereocenters. The second kappa shape index (κ2) is 6.46. The first-order valence-corrected chi connectivity index (χ1v) is 9.10. The molecule has 0 heterocycles. The molecule has 2 rings (SSSR count). The molecule has 1 saturated carbocycles. The Kier molecular flexibility index (Phi) is 5.07. The van der Waals surface area contributed by atoms with Gasteiger partial charge in [0.05, 0.1) is 4.90 Å². The summed E-state index contributed by atoms with van der Waals surface area (Å²) in [6, 6.07) is 6.94. The summed E-state index contributed by atoms with van der Waals surface area (Å²) in [7, 11) is -1.73. The van der Waals surface area contributed by atoms with Crippen molar-refractivity contribution in [3.8, 4) is 0 Å². The SMILES string of the molecule is CC1CCC(N(C)S(=O)(=O)c2cccc(C(C)N)c2)CC1. The van der Waals surface area contributed by atoms with Crippen LogP contribution in [0.5, 0.6) is 0 Å². The standard InChI is InChI=1S/C16H26N2O2S/c1-12-7-9-15(10-8-12)18(3)21(19,20)16-6-4-5-14(11-16)13(2)17/h4-6,11-13,15H,7-10,17H2,1-3H3. The third-order valence-corrected chi connectivity index (χ3v) is 6.47. The van der Waals surface area contributed by atoms with Gasteiger partial charge < -0.3 is 5.73 Å². The van der Waals surface area contributed by atoms with E-state index in [-0.39, 0.29) is 12.1 Å². The Balaban J connectivity index is 2.23. The molecule has 118 valence electrons. The van der Waals surface area contributed by atoms with E-state index in [1.54, 1.807) is 29.6 Å². The van der Waals surface area contributed by atoms with Gasteiger partial charge >= 0.3 is 0 Å². The molecule has 0 bridgehead atoms. The highest BCUT2D eigenvalue weighted by Gasteiger charge is 2.30. The first kappa shape index (κ1) is 16.5. The smallest absolute Gasteiger partial charge is 0.243 e. The van der Waals surface area contributed by atoms with Crippen LogP contribution < -0.4 is 5.73 Å². The van der Waals surface area contributed by atoms with Crippen LogP contribution in [0, 0.1) is 5.92 Å². The fraction of sp³-hybridized carbons (Fsp3) is 0.625. The third-order valence-electron chi connectivity index (χ3n) is 4.56. The van der Waals surface area contributed by atoms with E-state index in [2.05, 4.69) is 6.92 Å². The summed E-state index contributed by atoms with van der Waals surface area (Å²) in [5, 5.41) is 0. The van der Waals surface area contributed by atoms with Crippen molar-refractivity contribution in [2.24, 2.45) is 11.7 Å². The first-order valence-electron chi connectivity index (χ1n) is 7.66. The molecule has 1 aliphatic rings. The number of nitrogens with two attached hydrogens (primary N) is 1. The highest BCUT2D eigenvalue weighted by atomic mass is 32.2. The van der Waals surface area contributed by atoms with Gasteiger partial charge in [-0.2, -0.15) is 4.31 Å². The first-order chi connectivity index (χ1) is 9.82. The van der Waals surface area contributed by atoms with Crippen molar-refractivity contribution in [1.29, 1.82) is 0 Å². The Morgan fingerprint density at radius 3 is 2.43 bits per heavy atom. The van der Waals surface area contributed by atoms with E-state index in [0.29, 0.717) is 10.8 Å². The largest absolute Gasteiger partial charge is 0.324 e. The van der Waals surface area contributed by atoms with Gasteiger partial charge in [0.15, 0.2) is 0 Å². The fourth-order valence-electron chi connectivity index (χ4n) is 2.93. The predicted octanol–water partition coefficient (Wildman–Crippen LogP) is 2.91. The Hall–Kier alpha value is -0.910. The van der Waals surface area contributed by atoms with Crippen molar-refractivity contribution < 1.29 is 8.42 Å². The average Bonchev–Trinajstić information content (AvgIpc) is 2.47. The molecule has 0 amide bonds. The average molecular weight is 310 g/mol. The van der Waals surface area contributed by atoms with Gasteiger partial charge in [0.2, 0.25) is 10.0 Å². The molecular weight excluding hydrogens is 284 g/mol. The zero-order valence-corrected chi connectivity index (χ0v) is 13.9. The molecule has 0 radical (unpaired) electrons. The minimum Gasteiger partial charge on any atom is -0.324 e. The van der Waals surface area contributed by atoms with Crippen LogP contribution in [-0.2, 0) is 10.0 Å². The lowest BCUT2D eigenvalue weighted by Gasteiger charge is -2.33. The van der Waals surface area contributed by atoms with Crippen molar-refractivity contribution in [3.05, 3.63) is 29.8 Å². The second-order valence-corrected chi connectivity index (χ2v) is 8.29. The van der Waals surface area contributed by atoms with Crippen LogP contribution in [-0.4, -0.2) is 25.8 Å².